The zero-order valence-electron chi connectivity index (χ0n) is 24.4. The summed E-state index contributed by atoms with van der Waals surface area (Å²) in [5.74, 6) is -1.19. The zero-order chi connectivity index (χ0) is 29.5. The lowest BCUT2D eigenvalue weighted by Crippen LogP contribution is -2.36. The van der Waals surface area contributed by atoms with E-state index in [2.05, 4.69) is 40.6 Å². The summed E-state index contributed by atoms with van der Waals surface area (Å²) >= 11 is 0. The van der Waals surface area contributed by atoms with E-state index < -0.39 is 5.97 Å². The summed E-state index contributed by atoms with van der Waals surface area (Å²) in [5.41, 5.74) is 9.71. The van der Waals surface area contributed by atoms with Crippen LogP contribution in [0.25, 0.3) is 21.9 Å². The van der Waals surface area contributed by atoms with Gasteiger partial charge in [-0.1, -0.05) is 54.5 Å². The Labute approximate surface area is 250 Å². The first kappa shape index (κ1) is 27.3. The summed E-state index contributed by atoms with van der Waals surface area (Å²) in [4.78, 5) is 32.7. The van der Waals surface area contributed by atoms with Gasteiger partial charge in [0.15, 0.2) is 0 Å². The van der Waals surface area contributed by atoms with Gasteiger partial charge in [-0.05, 0) is 84.2 Å². The van der Waals surface area contributed by atoms with Crippen LogP contribution < -0.4 is 0 Å². The number of carbonyl (C=O) groups is 2. The number of amides is 1. The fourth-order valence-corrected chi connectivity index (χ4v) is 6.99. The van der Waals surface area contributed by atoms with Gasteiger partial charge in [0.1, 0.15) is 5.52 Å². The van der Waals surface area contributed by atoms with Gasteiger partial charge in [0.25, 0.3) is 5.91 Å². The van der Waals surface area contributed by atoms with Gasteiger partial charge < -0.3 is 10.0 Å². The van der Waals surface area contributed by atoms with Gasteiger partial charge in [0.2, 0.25) is 0 Å². The molecule has 0 spiro atoms. The van der Waals surface area contributed by atoms with E-state index in [1.165, 1.54) is 11.1 Å². The number of hydrogen-bond acceptors (Lipinski definition) is 5. The largest absolute Gasteiger partial charge is 0.481 e. The maximum absolute atomic E-state index is 14.0. The summed E-state index contributed by atoms with van der Waals surface area (Å²) in [6.45, 7) is 3.93. The van der Waals surface area contributed by atoms with Gasteiger partial charge in [-0.15, -0.1) is 5.10 Å². The summed E-state index contributed by atoms with van der Waals surface area (Å²) in [5, 5.41) is 19.8. The molecule has 10 rings (SSSR count). The molecule has 43 heavy (non-hydrogen) atoms. The van der Waals surface area contributed by atoms with Gasteiger partial charge in [-0.3, -0.25) is 14.6 Å². The van der Waals surface area contributed by atoms with E-state index in [0.29, 0.717) is 18.7 Å². The van der Waals surface area contributed by atoms with Gasteiger partial charge in [-0.2, -0.15) is 0 Å². The van der Waals surface area contributed by atoms with E-state index >= 15 is 0 Å². The molecular formula is C35H35N5O3. The van der Waals surface area contributed by atoms with Crippen LogP contribution in [-0.2, 0) is 30.7 Å². The van der Waals surface area contributed by atoms with E-state index in [-0.39, 0.29) is 18.2 Å². The van der Waals surface area contributed by atoms with Crippen molar-refractivity contribution >= 4 is 33.8 Å². The van der Waals surface area contributed by atoms with Crippen LogP contribution in [0.2, 0.25) is 0 Å². The Morgan fingerprint density at radius 3 is 2.67 bits per heavy atom. The molecule has 5 aromatic rings. The molecule has 218 valence electrons. The highest BCUT2D eigenvalue weighted by molar-refractivity contribution is 6.07. The molecule has 0 radical (unpaired) electrons. The van der Waals surface area contributed by atoms with E-state index in [9.17, 15) is 14.7 Å². The highest BCUT2D eigenvalue weighted by Gasteiger charge is 2.27. The topological polar surface area (TPSA) is 101 Å². The molecule has 2 aromatic heterocycles. The first-order chi connectivity index (χ1) is 21.0. The number of rotatable bonds is 2. The van der Waals surface area contributed by atoms with Crippen molar-refractivity contribution in [3.05, 3.63) is 99.7 Å². The SMILES string of the molecule is Cc1c2ccc3c1nnn3CCCCCCc1ccc(c3cccnc13)C(=O)N1CCc3ccc(cc3C1)[C@@H]2CC(=O)O. The Morgan fingerprint density at radius 2 is 1.79 bits per heavy atom. The second-order valence-electron chi connectivity index (χ2n) is 12.0. The van der Waals surface area contributed by atoms with Crippen molar-refractivity contribution in [1.82, 2.24) is 24.9 Å². The number of carbonyl (C=O) groups excluding carboxylic acids is 1. The number of carboxylic acids is 1. The van der Waals surface area contributed by atoms with Crippen molar-refractivity contribution < 1.29 is 14.7 Å². The average Bonchev–Trinajstić information content (AvgIpc) is 3.44. The van der Waals surface area contributed by atoms with Crippen molar-refractivity contribution in [2.24, 2.45) is 0 Å². The van der Waals surface area contributed by atoms with Gasteiger partial charge in [-0.25, -0.2) is 4.68 Å². The van der Waals surface area contributed by atoms with Crippen LogP contribution in [0, 0.1) is 6.92 Å². The third kappa shape index (κ3) is 5.05. The fraction of sp³-hybridized carbons (Fsp3) is 0.343. The minimum absolute atomic E-state index is 0.00853. The van der Waals surface area contributed by atoms with E-state index in [0.717, 1.165) is 89.3 Å². The van der Waals surface area contributed by atoms with Crippen molar-refractivity contribution in [3.63, 3.8) is 0 Å². The molecule has 9 bridgehead atoms. The normalized spacial score (nSPS) is 17.6. The van der Waals surface area contributed by atoms with Crippen LogP contribution in [0.1, 0.15) is 81.8 Å². The summed E-state index contributed by atoms with van der Waals surface area (Å²) in [6.07, 6.45) is 7.68. The maximum Gasteiger partial charge on any atom is 0.304 e. The van der Waals surface area contributed by atoms with Crippen molar-refractivity contribution in [1.29, 1.82) is 0 Å². The Bertz CT molecular complexity index is 1880. The minimum atomic E-state index is -0.854. The standard InChI is InChI=1S/C35H35N5O3/c1-22-27-13-14-31-33(22)37-38-40(31)17-5-3-2-4-7-24-11-12-29(28-8-6-16-36-34(24)28)35(43)39-18-15-23-9-10-25(19-26(23)21-39)30(27)20-32(41)42/h6,8-14,16,19,30H,2-5,7,15,17-18,20-21H2,1H3,(H,41,42)/t30-/m0/s1. The quantitative estimate of drug-likeness (QED) is 0.270. The Kier molecular flexibility index (Phi) is 7.13. The molecule has 5 aliphatic heterocycles. The zero-order valence-corrected chi connectivity index (χ0v) is 24.4. The van der Waals surface area contributed by atoms with Crippen LogP contribution in [0.3, 0.4) is 0 Å². The van der Waals surface area contributed by atoms with E-state index in [1.54, 1.807) is 0 Å². The van der Waals surface area contributed by atoms with Gasteiger partial charge in [0.05, 0.1) is 17.5 Å². The lowest BCUT2D eigenvalue weighted by molar-refractivity contribution is -0.137. The monoisotopic (exact) mass is 573 g/mol. The van der Waals surface area contributed by atoms with Crippen molar-refractivity contribution in [3.8, 4) is 0 Å². The van der Waals surface area contributed by atoms with Gasteiger partial charge >= 0.3 is 5.97 Å². The number of hydrogen-bond donors (Lipinski definition) is 1. The number of aliphatic carboxylic acids is 1. The lowest BCUT2D eigenvalue weighted by atomic mass is 9.83. The predicted molar refractivity (Wildman–Crippen MR) is 165 cm³/mol. The Balaban J connectivity index is 1.33. The third-order valence-corrected chi connectivity index (χ3v) is 9.32. The third-order valence-electron chi connectivity index (χ3n) is 9.32. The first-order valence-electron chi connectivity index (χ1n) is 15.3. The Morgan fingerprint density at radius 1 is 0.930 bits per heavy atom. The molecular weight excluding hydrogens is 538 g/mol. The molecule has 0 unspecified atom stereocenters. The van der Waals surface area contributed by atoms with Crippen LogP contribution in [-0.4, -0.2) is 48.4 Å². The molecule has 0 fully saturated rings. The number of aromatic nitrogens is 4. The van der Waals surface area contributed by atoms with Crippen LogP contribution >= 0.6 is 0 Å². The highest BCUT2D eigenvalue weighted by Crippen LogP contribution is 2.36. The first-order valence-corrected chi connectivity index (χ1v) is 15.3. The molecule has 3 aromatic carbocycles. The number of aryl methyl sites for hydroxylation is 3. The summed E-state index contributed by atoms with van der Waals surface area (Å²) < 4.78 is 1.98. The lowest BCUT2D eigenvalue weighted by Gasteiger charge is -2.30. The summed E-state index contributed by atoms with van der Waals surface area (Å²) in [7, 11) is 0. The fourth-order valence-electron chi connectivity index (χ4n) is 6.99. The van der Waals surface area contributed by atoms with Gasteiger partial charge in [0, 0.05) is 42.7 Å². The second kappa shape index (κ2) is 11.2. The average molecular weight is 574 g/mol. The smallest absolute Gasteiger partial charge is 0.304 e. The van der Waals surface area contributed by atoms with E-state index in [1.807, 2.05) is 47.0 Å². The number of pyridine rings is 1. The number of benzene rings is 3. The van der Waals surface area contributed by atoms with Crippen LogP contribution in [0.5, 0.6) is 0 Å². The molecule has 0 saturated heterocycles. The number of nitrogens with zero attached hydrogens (tertiary/aromatic N) is 5. The molecule has 1 N–H and O–H groups in total. The van der Waals surface area contributed by atoms with Crippen molar-refractivity contribution in [2.45, 2.75) is 70.9 Å². The second-order valence-corrected chi connectivity index (χ2v) is 12.0. The molecule has 7 heterocycles. The molecule has 8 nitrogen and oxygen atoms in total. The summed E-state index contributed by atoms with van der Waals surface area (Å²) in [6, 6.07) is 18.3. The van der Waals surface area contributed by atoms with E-state index in [4.69, 9.17) is 4.98 Å². The molecule has 0 saturated carbocycles. The van der Waals surface area contributed by atoms with Crippen LogP contribution in [0.15, 0.2) is 60.8 Å². The van der Waals surface area contributed by atoms with Crippen LogP contribution in [0.4, 0.5) is 0 Å². The molecule has 1 atom stereocenters. The maximum atomic E-state index is 14.0. The predicted octanol–water partition coefficient (Wildman–Crippen LogP) is 6.21. The molecule has 0 aliphatic carbocycles. The molecule has 1 amide bonds. The molecule has 5 aliphatic rings. The highest BCUT2D eigenvalue weighted by atomic mass is 16.4. The number of carboxylic acid groups (broad SMARTS) is 1. The minimum Gasteiger partial charge on any atom is -0.481 e. The Hall–Kier alpha value is -4.59. The van der Waals surface area contributed by atoms with Crippen molar-refractivity contribution in [2.75, 3.05) is 6.54 Å². The molecule has 8 heteroatoms.